The summed E-state index contributed by atoms with van der Waals surface area (Å²) in [4.78, 5) is 104. The van der Waals surface area contributed by atoms with E-state index in [0.29, 0.717) is 64.4 Å². The van der Waals surface area contributed by atoms with E-state index in [1.54, 1.807) is 61.6 Å². The Balaban J connectivity index is 0.821. The Bertz CT molecular complexity index is 2730. The van der Waals surface area contributed by atoms with Crippen molar-refractivity contribution in [3.05, 3.63) is 92.8 Å². The highest BCUT2D eigenvalue weighted by atomic mass is 35.5. The van der Waals surface area contributed by atoms with Crippen LogP contribution in [0, 0.1) is 26.2 Å². The number of carbonyl (C=O) groups is 6. The van der Waals surface area contributed by atoms with Gasteiger partial charge in [-0.2, -0.15) is 0 Å². The van der Waals surface area contributed by atoms with E-state index >= 15 is 0 Å². The second kappa shape index (κ2) is 23.1. The number of para-hydroxylation sites is 1. The fraction of sp³-hybridized carbons (Fsp3) is 0.429. The summed E-state index contributed by atoms with van der Waals surface area (Å²) in [5.74, 6) is -0.623. The second-order valence-electron chi connectivity index (χ2n) is 18.6. The third-order valence-electron chi connectivity index (χ3n) is 12.2. The number of hydrogen-bond acceptors (Lipinski definition) is 15. The number of aliphatic hydroxyl groups excluding tert-OH is 1. The minimum absolute atomic E-state index is 0.0159. The summed E-state index contributed by atoms with van der Waals surface area (Å²) < 4.78 is 0. The van der Waals surface area contributed by atoms with E-state index in [1.165, 1.54) is 22.4 Å². The third kappa shape index (κ3) is 13.7. The van der Waals surface area contributed by atoms with E-state index < -0.39 is 41.3 Å². The summed E-state index contributed by atoms with van der Waals surface area (Å²) in [6.07, 6.45) is 0.740. The number of amides is 6. The number of carbonyl (C=O) groups excluding carboxylic acids is 6. The second-order valence-corrected chi connectivity index (χ2v) is 20.9. The van der Waals surface area contributed by atoms with Crippen molar-refractivity contribution in [2.45, 2.75) is 92.0 Å². The van der Waals surface area contributed by atoms with E-state index in [-0.39, 0.29) is 63.0 Å². The molecule has 22 heteroatoms. The van der Waals surface area contributed by atoms with Gasteiger partial charge in [0.25, 0.3) is 5.91 Å². The van der Waals surface area contributed by atoms with Crippen LogP contribution in [0.25, 0.3) is 10.4 Å². The van der Waals surface area contributed by atoms with Crippen molar-refractivity contribution in [3.8, 4) is 10.4 Å². The SMILES string of the molecule is Cc1nc(Nc2ncc(C(=O)Nc3c(C)cccc3Cl)s2)cc(N2CCN(C(=O)CNC(=O)CCCC(=O)N[C@H](C(=O)N3C[C@H](O)C[C@H]3C(=O)NCc3ccc(-c4scnc4C)cc3)C(C)(C)C)CC2)n1. The molecule has 71 heavy (non-hydrogen) atoms. The lowest BCUT2D eigenvalue weighted by Gasteiger charge is -2.35. The molecule has 5 aromatic rings. The van der Waals surface area contributed by atoms with Crippen LogP contribution in [0.1, 0.15) is 78.8 Å². The van der Waals surface area contributed by atoms with E-state index in [2.05, 4.69) is 46.5 Å². The van der Waals surface area contributed by atoms with E-state index in [9.17, 15) is 33.9 Å². The molecule has 376 valence electrons. The molecule has 5 heterocycles. The molecule has 0 bridgehead atoms. The van der Waals surface area contributed by atoms with Gasteiger partial charge in [0.05, 0.1) is 45.6 Å². The van der Waals surface area contributed by atoms with Crippen LogP contribution in [0.5, 0.6) is 0 Å². The van der Waals surface area contributed by atoms with Crippen LogP contribution in [0.3, 0.4) is 0 Å². The first kappa shape index (κ1) is 52.3. The smallest absolute Gasteiger partial charge is 0.267 e. The molecule has 2 aliphatic heterocycles. The van der Waals surface area contributed by atoms with Crippen LogP contribution in [0.15, 0.2) is 60.2 Å². The van der Waals surface area contributed by atoms with Crippen molar-refractivity contribution >= 4 is 92.2 Å². The van der Waals surface area contributed by atoms with Crippen LogP contribution in [-0.2, 0) is 30.5 Å². The van der Waals surface area contributed by atoms with Crippen molar-refractivity contribution in [3.63, 3.8) is 0 Å². The molecule has 6 N–H and O–H groups in total. The zero-order chi connectivity index (χ0) is 51.0. The number of thiazole rings is 2. The number of β-amino-alcohol motifs (C(OH)–C–C–N with tert-alkyl or cyclic N) is 1. The number of halogens is 1. The highest BCUT2D eigenvalue weighted by Gasteiger charge is 2.44. The largest absolute Gasteiger partial charge is 0.391 e. The van der Waals surface area contributed by atoms with Crippen molar-refractivity contribution in [2.24, 2.45) is 5.41 Å². The first-order valence-electron chi connectivity index (χ1n) is 23.3. The quantitative estimate of drug-likeness (QED) is 0.0687. The minimum Gasteiger partial charge on any atom is -0.391 e. The number of anilines is 4. The Morgan fingerprint density at radius 1 is 0.915 bits per heavy atom. The van der Waals surface area contributed by atoms with Crippen molar-refractivity contribution in [2.75, 3.05) is 54.8 Å². The molecule has 3 atom stereocenters. The van der Waals surface area contributed by atoms with Gasteiger partial charge < -0.3 is 46.4 Å². The van der Waals surface area contributed by atoms with E-state index in [0.717, 1.165) is 27.3 Å². The lowest BCUT2D eigenvalue weighted by Crippen LogP contribution is -2.57. The molecule has 0 saturated carbocycles. The molecule has 2 saturated heterocycles. The molecule has 0 spiro atoms. The molecule has 2 aliphatic rings. The predicted molar refractivity (Wildman–Crippen MR) is 274 cm³/mol. The standard InChI is InChI=1S/C49H59ClN12O7S2/c1-28-9-7-10-34(50)42(28)59-46(68)36-24-53-48(71-36)57-37-22-38(56-30(3)55-37)60-17-19-61(20-18-60)41(66)25-51-39(64)11-8-12-40(65)58-44(49(4,5)6)47(69)62-26-33(63)21-35(62)45(67)52-23-31-13-15-32(16-14-31)43-29(2)54-27-70-43/h7,9-10,13-16,22,24,27,33,35,44,63H,8,11-12,17-21,23,25-26H2,1-6H3,(H,51,64)(H,52,67)(H,58,65)(H,59,68)(H,53,55,56,57)/t33-,35+,44-/m1/s1. The van der Waals surface area contributed by atoms with Gasteiger partial charge in [-0.05, 0) is 55.4 Å². The monoisotopic (exact) mass is 1030 g/mol. The highest BCUT2D eigenvalue weighted by Crippen LogP contribution is 2.31. The lowest BCUT2D eigenvalue weighted by atomic mass is 9.85. The zero-order valence-electron chi connectivity index (χ0n) is 40.5. The molecule has 19 nitrogen and oxygen atoms in total. The topological polar surface area (TPSA) is 244 Å². The van der Waals surface area contributed by atoms with Crippen LogP contribution in [-0.4, -0.2) is 128 Å². The fourth-order valence-electron chi connectivity index (χ4n) is 8.27. The number of piperazine rings is 1. The summed E-state index contributed by atoms with van der Waals surface area (Å²) in [5, 5.41) is 25.9. The molecule has 0 radical (unpaired) electrons. The van der Waals surface area contributed by atoms with E-state index in [1.807, 2.05) is 55.1 Å². The number of aliphatic hydroxyl groups is 1. The molecule has 2 aromatic carbocycles. The van der Waals surface area contributed by atoms with Gasteiger partial charge in [-0.3, -0.25) is 28.8 Å². The first-order chi connectivity index (χ1) is 33.8. The van der Waals surface area contributed by atoms with Crippen molar-refractivity contribution in [1.29, 1.82) is 0 Å². The van der Waals surface area contributed by atoms with Gasteiger partial charge in [-0.25, -0.2) is 19.9 Å². The number of benzene rings is 2. The van der Waals surface area contributed by atoms with E-state index in [4.69, 9.17) is 11.6 Å². The maximum Gasteiger partial charge on any atom is 0.267 e. The van der Waals surface area contributed by atoms with Gasteiger partial charge in [-0.1, -0.05) is 80.1 Å². The first-order valence-corrected chi connectivity index (χ1v) is 25.4. The van der Waals surface area contributed by atoms with Crippen LogP contribution >= 0.6 is 34.3 Å². The Morgan fingerprint density at radius 3 is 2.34 bits per heavy atom. The Hall–Kier alpha value is -6.55. The maximum atomic E-state index is 14.0. The van der Waals surface area contributed by atoms with Gasteiger partial charge in [0.1, 0.15) is 34.4 Å². The van der Waals surface area contributed by atoms with Gasteiger partial charge in [0.15, 0.2) is 5.13 Å². The van der Waals surface area contributed by atoms with Crippen LogP contribution in [0.2, 0.25) is 5.02 Å². The highest BCUT2D eigenvalue weighted by molar-refractivity contribution is 7.17. The fourth-order valence-corrected chi connectivity index (χ4v) is 10.1. The Labute approximate surface area is 425 Å². The van der Waals surface area contributed by atoms with Crippen LogP contribution in [0.4, 0.5) is 22.5 Å². The summed E-state index contributed by atoms with van der Waals surface area (Å²) in [7, 11) is 0. The molecular formula is C49H59ClN12O7S2. The average molecular weight is 1030 g/mol. The van der Waals surface area contributed by atoms with Crippen LogP contribution < -0.4 is 31.5 Å². The lowest BCUT2D eigenvalue weighted by molar-refractivity contribution is -0.144. The number of likely N-dealkylation sites (tertiary alicyclic amines) is 1. The zero-order valence-corrected chi connectivity index (χ0v) is 42.9. The molecule has 0 aliphatic carbocycles. The van der Waals surface area contributed by atoms with Gasteiger partial charge in [0, 0.05) is 64.6 Å². The minimum atomic E-state index is -1.01. The summed E-state index contributed by atoms with van der Waals surface area (Å²) >= 11 is 9.01. The summed E-state index contributed by atoms with van der Waals surface area (Å²) in [6, 6.07) is 13.0. The summed E-state index contributed by atoms with van der Waals surface area (Å²) in [5.41, 5.74) is 5.28. The Kier molecular flexibility index (Phi) is 17.0. The molecule has 3 aromatic heterocycles. The molecular weight excluding hydrogens is 968 g/mol. The van der Waals surface area contributed by atoms with Crippen molar-refractivity contribution in [1.82, 2.24) is 45.7 Å². The van der Waals surface area contributed by atoms with Gasteiger partial charge in [-0.15, -0.1) is 11.3 Å². The predicted octanol–water partition coefficient (Wildman–Crippen LogP) is 5.38. The number of rotatable bonds is 17. The molecule has 0 unspecified atom stereocenters. The van der Waals surface area contributed by atoms with Gasteiger partial charge >= 0.3 is 0 Å². The third-order valence-corrected chi connectivity index (χ3v) is 14.4. The number of aromatic nitrogens is 4. The van der Waals surface area contributed by atoms with Gasteiger partial charge in [0.2, 0.25) is 29.5 Å². The number of aryl methyl sites for hydroxylation is 3. The average Bonchev–Trinajstić information content (AvgIpc) is 4.10. The Morgan fingerprint density at radius 2 is 1.65 bits per heavy atom. The molecule has 2 fully saturated rings. The molecule has 6 amide bonds. The number of nitrogens with one attached hydrogen (secondary N) is 5. The summed E-state index contributed by atoms with van der Waals surface area (Å²) in [6.45, 7) is 12.8. The van der Waals surface area contributed by atoms with Crippen molar-refractivity contribution < 1.29 is 33.9 Å². The normalized spacial score (nSPS) is 16.3. The molecule has 7 rings (SSSR count). The number of hydrogen-bond donors (Lipinski definition) is 6. The maximum absolute atomic E-state index is 14.0. The number of nitrogens with zero attached hydrogens (tertiary/aromatic N) is 7.